The van der Waals surface area contributed by atoms with Gasteiger partial charge in [0.1, 0.15) is 0 Å². The zero-order chi connectivity index (χ0) is 33.9. The molecule has 4 aromatic heterocycles. The first kappa shape index (κ1) is 29.4. The van der Waals surface area contributed by atoms with Crippen molar-refractivity contribution in [1.82, 2.24) is 19.9 Å². The van der Waals surface area contributed by atoms with E-state index in [4.69, 9.17) is 19.9 Å². The second-order valence-corrected chi connectivity index (χ2v) is 13.5. The molecule has 9 aromatic rings. The molecule has 2 atom stereocenters. The second kappa shape index (κ2) is 11.8. The summed E-state index contributed by atoms with van der Waals surface area (Å²) >= 11 is 0. The summed E-state index contributed by atoms with van der Waals surface area (Å²) in [6.07, 6.45) is 8.74. The number of nitrogens with zero attached hydrogens (tertiary/aromatic N) is 4. The number of hydrogen-bond acceptors (Lipinski definition) is 4. The minimum atomic E-state index is 0.256. The highest BCUT2D eigenvalue weighted by Crippen LogP contribution is 2.34. The second-order valence-electron chi connectivity index (χ2n) is 13.5. The van der Waals surface area contributed by atoms with Crippen LogP contribution in [0, 0.1) is 5.92 Å². The maximum Gasteiger partial charge on any atom is 0.0972 e. The first-order chi connectivity index (χ1) is 25.1. The van der Waals surface area contributed by atoms with Gasteiger partial charge in [0.25, 0.3) is 0 Å². The standard InChI is InChI=1S/C47H32N4/c1-29-7-5-6-10-39(29)43-26-22-35-16-15-34-21-25-42(50-46(34)47(35)51-43)37-18-12-30-11-17-36(27-38(30)28-37)41-24-20-33-14-13-32-19-23-40(31-8-3-2-4-9-31)48-44(32)45(33)49-41/h2-29,39H,1H3. The molecule has 2 unspecified atom stereocenters. The van der Waals surface area contributed by atoms with Crippen molar-refractivity contribution >= 4 is 54.4 Å². The Labute approximate surface area is 295 Å². The molecule has 5 aromatic carbocycles. The molecule has 0 saturated carbocycles. The van der Waals surface area contributed by atoms with Gasteiger partial charge in [-0.25, -0.2) is 19.9 Å². The van der Waals surface area contributed by atoms with Crippen LogP contribution >= 0.6 is 0 Å². The minimum absolute atomic E-state index is 0.256. The summed E-state index contributed by atoms with van der Waals surface area (Å²) in [7, 11) is 0. The molecule has 4 nitrogen and oxygen atoms in total. The van der Waals surface area contributed by atoms with Crippen LogP contribution in [0.4, 0.5) is 0 Å². The predicted molar refractivity (Wildman–Crippen MR) is 212 cm³/mol. The molecule has 1 aliphatic rings. The number of aromatic nitrogens is 4. The molecule has 4 heteroatoms. The normalized spacial score (nSPS) is 15.8. The van der Waals surface area contributed by atoms with E-state index >= 15 is 0 Å². The molecule has 4 heterocycles. The van der Waals surface area contributed by atoms with E-state index in [2.05, 4.69) is 153 Å². The first-order valence-electron chi connectivity index (χ1n) is 17.5. The minimum Gasteiger partial charge on any atom is -0.250 e. The topological polar surface area (TPSA) is 51.6 Å². The van der Waals surface area contributed by atoms with Gasteiger partial charge >= 0.3 is 0 Å². The molecule has 0 amide bonds. The van der Waals surface area contributed by atoms with Gasteiger partial charge in [-0.1, -0.05) is 134 Å². The Balaban J connectivity index is 1.05. The number of pyridine rings is 4. The largest absolute Gasteiger partial charge is 0.250 e. The van der Waals surface area contributed by atoms with Crippen molar-refractivity contribution in [2.24, 2.45) is 5.92 Å². The van der Waals surface area contributed by atoms with E-state index in [-0.39, 0.29) is 5.92 Å². The summed E-state index contributed by atoms with van der Waals surface area (Å²) in [6.45, 7) is 2.25. The third kappa shape index (κ3) is 5.15. The number of fused-ring (bicyclic) bond motifs is 7. The summed E-state index contributed by atoms with van der Waals surface area (Å²) < 4.78 is 0. The van der Waals surface area contributed by atoms with Gasteiger partial charge in [0.15, 0.2) is 0 Å². The quantitative estimate of drug-likeness (QED) is 0.178. The van der Waals surface area contributed by atoms with Gasteiger partial charge in [0, 0.05) is 49.8 Å². The first-order valence-corrected chi connectivity index (χ1v) is 17.5. The third-order valence-electron chi connectivity index (χ3n) is 10.3. The number of allylic oxidation sites excluding steroid dienone is 4. The van der Waals surface area contributed by atoms with Gasteiger partial charge in [-0.05, 0) is 53.1 Å². The van der Waals surface area contributed by atoms with Gasteiger partial charge in [0.05, 0.1) is 39.1 Å². The fraction of sp³-hybridized carbons (Fsp3) is 0.0638. The van der Waals surface area contributed by atoms with Crippen LogP contribution in [0.25, 0.3) is 88.2 Å². The van der Waals surface area contributed by atoms with E-state index in [1.165, 1.54) is 5.39 Å². The maximum atomic E-state index is 5.24. The Morgan fingerprint density at radius 2 is 0.824 bits per heavy atom. The van der Waals surface area contributed by atoms with E-state index in [9.17, 15) is 0 Å². The van der Waals surface area contributed by atoms with Crippen LogP contribution < -0.4 is 0 Å². The van der Waals surface area contributed by atoms with Crippen molar-refractivity contribution < 1.29 is 0 Å². The molecular formula is C47H32N4. The molecule has 10 rings (SSSR count). The number of benzene rings is 5. The van der Waals surface area contributed by atoms with Crippen LogP contribution in [0.1, 0.15) is 18.5 Å². The van der Waals surface area contributed by atoms with E-state index in [0.29, 0.717) is 5.92 Å². The lowest BCUT2D eigenvalue weighted by Gasteiger charge is -2.20. The predicted octanol–water partition coefficient (Wildman–Crippen LogP) is 11.9. The van der Waals surface area contributed by atoms with Crippen molar-refractivity contribution in [3.8, 4) is 33.8 Å². The lowest BCUT2D eigenvalue weighted by molar-refractivity contribution is 0.622. The molecule has 240 valence electrons. The average Bonchev–Trinajstić information content (AvgIpc) is 3.20. The highest BCUT2D eigenvalue weighted by atomic mass is 14.8. The van der Waals surface area contributed by atoms with Crippen LogP contribution in [0.5, 0.6) is 0 Å². The van der Waals surface area contributed by atoms with Crippen molar-refractivity contribution in [2.75, 3.05) is 0 Å². The number of hydrogen-bond donors (Lipinski definition) is 0. The number of rotatable bonds is 4. The van der Waals surface area contributed by atoms with Crippen LogP contribution in [-0.2, 0) is 0 Å². The molecule has 0 saturated heterocycles. The third-order valence-corrected chi connectivity index (χ3v) is 10.3. The van der Waals surface area contributed by atoms with Crippen LogP contribution in [-0.4, -0.2) is 19.9 Å². The molecule has 51 heavy (non-hydrogen) atoms. The van der Waals surface area contributed by atoms with Crippen molar-refractivity contribution in [2.45, 2.75) is 12.8 Å². The lowest BCUT2D eigenvalue weighted by Crippen LogP contribution is -2.09. The van der Waals surface area contributed by atoms with Gasteiger partial charge in [-0.15, -0.1) is 0 Å². The molecule has 0 bridgehead atoms. The van der Waals surface area contributed by atoms with E-state index in [1.807, 2.05) is 18.2 Å². The zero-order valence-electron chi connectivity index (χ0n) is 28.0. The summed E-state index contributed by atoms with van der Waals surface area (Å²) in [5.74, 6) is 0.653. The molecule has 0 fully saturated rings. The van der Waals surface area contributed by atoms with Crippen LogP contribution in [0.3, 0.4) is 0 Å². The molecule has 0 N–H and O–H groups in total. The van der Waals surface area contributed by atoms with Gasteiger partial charge < -0.3 is 0 Å². The Hall–Kier alpha value is -6.52. The average molecular weight is 653 g/mol. The maximum absolute atomic E-state index is 5.24. The molecule has 0 radical (unpaired) electrons. The van der Waals surface area contributed by atoms with Gasteiger partial charge in [0.2, 0.25) is 0 Å². The Kier molecular flexibility index (Phi) is 6.81. The summed E-state index contributed by atoms with van der Waals surface area (Å²) in [6, 6.07) is 49.1. The van der Waals surface area contributed by atoms with E-state index < -0.39 is 0 Å². The highest BCUT2D eigenvalue weighted by Gasteiger charge is 2.19. The fourth-order valence-corrected chi connectivity index (χ4v) is 7.48. The van der Waals surface area contributed by atoms with Crippen LogP contribution in [0.2, 0.25) is 0 Å². The van der Waals surface area contributed by atoms with Crippen LogP contribution in [0.15, 0.2) is 164 Å². The van der Waals surface area contributed by atoms with Gasteiger partial charge in [-0.2, -0.15) is 0 Å². The smallest absolute Gasteiger partial charge is 0.0972 e. The molecular weight excluding hydrogens is 621 g/mol. The SMILES string of the molecule is CC1C=CC=CC1c1ccc2ccc3ccc(-c4ccc5ccc(-c6ccc7ccc8ccc(-c9ccccc9)nc8c7n6)cc5c4)nc3c2n1. The molecule has 0 spiro atoms. The monoisotopic (exact) mass is 652 g/mol. The molecule has 0 aliphatic heterocycles. The van der Waals surface area contributed by atoms with Crippen molar-refractivity contribution in [3.05, 3.63) is 170 Å². The van der Waals surface area contributed by atoms with Crippen molar-refractivity contribution in [1.29, 1.82) is 0 Å². The Bertz CT molecular complexity index is 2890. The summed E-state index contributed by atoms with van der Waals surface area (Å²) in [5, 5.41) is 6.65. The summed E-state index contributed by atoms with van der Waals surface area (Å²) in [5.41, 5.74) is 10.8. The fourth-order valence-electron chi connectivity index (χ4n) is 7.48. The lowest BCUT2D eigenvalue weighted by atomic mass is 9.87. The van der Waals surface area contributed by atoms with Gasteiger partial charge in [-0.3, -0.25) is 0 Å². The van der Waals surface area contributed by atoms with E-state index in [0.717, 1.165) is 88.5 Å². The molecule has 1 aliphatic carbocycles. The summed E-state index contributed by atoms with van der Waals surface area (Å²) in [4.78, 5) is 20.8. The zero-order valence-corrected chi connectivity index (χ0v) is 28.0. The van der Waals surface area contributed by atoms with Crippen molar-refractivity contribution in [3.63, 3.8) is 0 Å². The highest BCUT2D eigenvalue weighted by molar-refractivity contribution is 6.05. The Morgan fingerprint density at radius 3 is 1.37 bits per heavy atom. The van der Waals surface area contributed by atoms with E-state index in [1.54, 1.807) is 0 Å². The Morgan fingerprint density at radius 1 is 0.373 bits per heavy atom.